The van der Waals surface area contributed by atoms with E-state index in [2.05, 4.69) is 428 Å². The Kier molecular flexibility index (Phi) is 19.3. The van der Waals surface area contributed by atoms with Crippen LogP contribution in [0.15, 0.2) is 396 Å². The first-order chi connectivity index (χ1) is 49.4. The molecule has 3 aromatic heterocycles. The zero-order chi connectivity index (χ0) is 67.6. The van der Waals surface area contributed by atoms with Crippen molar-refractivity contribution in [3.8, 4) is 0 Å². The van der Waals surface area contributed by atoms with Gasteiger partial charge in [0.2, 0.25) is 0 Å². The zero-order valence-corrected chi connectivity index (χ0v) is 58.9. The molecule has 0 saturated carbocycles. The van der Waals surface area contributed by atoms with Crippen LogP contribution in [0.1, 0.15) is 0 Å². The van der Waals surface area contributed by atoms with Crippen LogP contribution >= 0.6 is 47.8 Å². The summed E-state index contributed by atoms with van der Waals surface area (Å²) >= 11 is 9.80. The number of hydrogen-bond acceptors (Lipinski definition) is 9. The molecule has 0 bridgehead atoms. The summed E-state index contributed by atoms with van der Waals surface area (Å²) in [4.78, 5) is 28.9. The number of halogens is 3. The van der Waals surface area contributed by atoms with Crippen LogP contribution in [0, 0.1) is 0 Å². The number of aromatic nitrogens is 3. The Hall–Kier alpha value is -11.6. The molecule has 0 saturated heterocycles. The third-order valence-electron chi connectivity index (χ3n) is 17.3. The minimum Gasteiger partial charge on any atom is -0.311 e. The second-order valence-corrected chi connectivity index (χ2v) is 26.2. The van der Waals surface area contributed by atoms with Crippen LogP contribution in [-0.4, -0.2) is 21.7 Å². The summed E-state index contributed by atoms with van der Waals surface area (Å²) in [5, 5.41) is 0. The van der Waals surface area contributed by atoms with E-state index in [1.54, 1.807) is 0 Å². The number of benzene rings is 12. The highest BCUT2D eigenvalue weighted by Crippen LogP contribution is 2.48. The summed E-state index contributed by atoms with van der Waals surface area (Å²) in [6.07, 6.45) is 0. The maximum absolute atomic E-state index is 5.64. The van der Waals surface area contributed by atoms with Crippen molar-refractivity contribution in [1.82, 2.24) is 15.0 Å². The van der Waals surface area contributed by atoms with Gasteiger partial charge in [0.25, 0.3) is 6.71 Å². The van der Waals surface area contributed by atoms with E-state index in [1.807, 2.05) is 36.4 Å². The molecule has 0 spiro atoms. The van der Waals surface area contributed by atoms with Crippen LogP contribution in [-0.2, 0) is 0 Å². The van der Waals surface area contributed by atoms with Gasteiger partial charge in [-0.2, -0.15) is 0 Å². The van der Waals surface area contributed by atoms with E-state index in [1.165, 1.54) is 22.1 Å². The highest BCUT2D eigenvalue weighted by Gasteiger charge is 2.44. The third-order valence-corrected chi connectivity index (χ3v) is 18.6. The molecule has 17 rings (SSSR count). The monoisotopic (exact) mass is 1480 g/mol. The van der Waals surface area contributed by atoms with Gasteiger partial charge in [-0.25, -0.2) is 15.0 Å². The van der Waals surface area contributed by atoms with Crippen molar-refractivity contribution < 1.29 is 0 Å². The van der Waals surface area contributed by atoms with Crippen molar-refractivity contribution in [3.05, 3.63) is 396 Å². The summed E-state index contributed by atoms with van der Waals surface area (Å²) in [5.74, 6) is 3.39. The van der Waals surface area contributed by atoms with Crippen molar-refractivity contribution in [3.63, 3.8) is 0 Å². The number of anilines is 18. The van der Waals surface area contributed by atoms with Crippen LogP contribution < -0.4 is 45.8 Å². The Labute approximate surface area is 609 Å². The normalized spacial score (nSPS) is 11.5. The molecule has 0 atom stereocenters. The van der Waals surface area contributed by atoms with Crippen LogP contribution in [0.25, 0.3) is 0 Å². The highest BCUT2D eigenvalue weighted by atomic mass is 79.9. The minimum atomic E-state index is 0.0285. The number of rotatable bonds is 14. The van der Waals surface area contributed by atoms with Gasteiger partial charge >= 0.3 is 0 Å². The third kappa shape index (κ3) is 13.7. The van der Waals surface area contributed by atoms with Gasteiger partial charge in [-0.15, -0.1) is 0 Å². The second kappa shape index (κ2) is 30.0. The summed E-state index contributed by atoms with van der Waals surface area (Å²) in [6.45, 7) is 0.0285. The van der Waals surface area contributed by atoms with Gasteiger partial charge < -0.3 is 9.80 Å². The molecule has 480 valence electrons. The maximum Gasteiger partial charge on any atom is 0.254 e. The van der Waals surface area contributed by atoms with E-state index in [0.717, 1.165) is 111 Å². The number of fused-ring (bicyclic) bond motifs is 4. The van der Waals surface area contributed by atoms with E-state index in [9.17, 15) is 0 Å². The van der Waals surface area contributed by atoms with E-state index in [-0.39, 0.29) is 6.71 Å². The molecule has 0 amide bonds. The van der Waals surface area contributed by atoms with Gasteiger partial charge in [-0.1, -0.05) is 234 Å². The van der Waals surface area contributed by atoms with E-state index in [4.69, 9.17) is 9.97 Å². The lowest BCUT2D eigenvalue weighted by atomic mass is 9.33. The molecule has 13 heteroatoms. The molecule has 0 fully saturated rings. The van der Waals surface area contributed by atoms with Crippen molar-refractivity contribution >= 4 is 174 Å². The molecular weight excluding hydrogens is 1420 g/mol. The Bertz CT molecular complexity index is 4640. The van der Waals surface area contributed by atoms with Gasteiger partial charge in [0.15, 0.2) is 0 Å². The van der Waals surface area contributed by atoms with Crippen LogP contribution in [0.5, 0.6) is 0 Å². The Balaban J connectivity index is 0.000000144. The SMILES string of the molecule is Brc1cc(Br)nc(Br)c1.c1ccc(N(c2ccccc2)c2cc(N(c3ccccc3)c3ccccc3)nc(N(c3ccccc3)c3ccccc3)c2)cc1.c1ccc(N(c2ccccc2)c2cc3c4c(n2)N(c2ccccc2)c2ccccc2B4c2ccccc2N3c2ccccc2)cc1. The fourth-order valence-corrected chi connectivity index (χ4v) is 15.3. The first kappa shape index (κ1) is 64.4. The van der Waals surface area contributed by atoms with Crippen molar-refractivity contribution in [2.45, 2.75) is 0 Å². The minimum absolute atomic E-state index is 0.0285. The lowest BCUT2D eigenvalue weighted by molar-refractivity contribution is 1.12. The lowest BCUT2D eigenvalue weighted by Gasteiger charge is -2.44. The van der Waals surface area contributed by atoms with Crippen molar-refractivity contribution in [2.75, 3.05) is 29.4 Å². The molecule has 2 aliphatic rings. The quantitative estimate of drug-likeness (QED) is 0.0783. The van der Waals surface area contributed by atoms with Crippen LogP contribution in [0.4, 0.5) is 103 Å². The summed E-state index contributed by atoms with van der Waals surface area (Å²) in [5.41, 5.74) is 18.7. The Morgan fingerprint density at radius 1 is 0.240 bits per heavy atom. The molecule has 0 unspecified atom stereocenters. The molecule has 100 heavy (non-hydrogen) atoms. The first-order valence-corrected chi connectivity index (χ1v) is 35.3. The average molecular weight is 1490 g/mol. The highest BCUT2D eigenvalue weighted by molar-refractivity contribution is 9.11. The molecule has 12 aromatic carbocycles. The Morgan fingerprint density at radius 2 is 0.520 bits per heavy atom. The fourth-order valence-electron chi connectivity index (χ4n) is 13.1. The molecular formula is C87H63BBr3N9. The van der Waals surface area contributed by atoms with Crippen LogP contribution in [0.2, 0.25) is 0 Å². The largest absolute Gasteiger partial charge is 0.311 e. The van der Waals surface area contributed by atoms with E-state index >= 15 is 0 Å². The number of hydrogen-bond donors (Lipinski definition) is 0. The summed E-state index contributed by atoms with van der Waals surface area (Å²) in [6, 6.07) is 133. The van der Waals surface area contributed by atoms with Crippen molar-refractivity contribution in [1.29, 1.82) is 0 Å². The standard InChI is InChI=1S/C41H29BN4.C41H32N4.C5H2Br3N/c1-5-17-30(18-6-1)44(31-19-7-2-8-20-31)39-29-38-40-41(43-39)46(33-23-11-4-12-24-33)37-28-16-14-26-35(37)42(40)34-25-13-15-27-36(34)45(38)32-21-9-3-10-22-32;1-7-19-33(20-8-1)43(34-21-9-2-10-22-34)39-31-40(44(35-23-11-3-12-24-35)36-25-13-4-14-26-36)42-41(32-39)45(37-27-15-5-16-28-37)38-29-17-6-18-30-38;6-3-1-4(7)9-5(8)2-3/h1-29H;1-32H;1-2H. The first-order valence-electron chi connectivity index (χ1n) is 32.9. The second-order valence-electron chi connectivity index (χ2n) is 23.6. The summed E-state index contributed by atoms with van der Waals surface area (Å²) < 4.78 is 2.66. The van der Waals surface area contributed by atoms with Gasteiger partial charge in [0, 0.05) is 96.6 Å². The molecule has 0 N–H and O–H groups in total. The van der Waals surface area contributed by atoms with E-state index in [0.29, 0.717) is 0 Å². The van der Waals surface area contributed by atoms with Crippen molar-refractivity contribution in [2.24, 2.45) is 0 Å². The van der Waals surface area contributed by atoms with E-state index < -0.39 is 0 Å². The molecule has 0 aliphatic carbocycles. The number of nitrogens with zero attached hydrogens (tertiary/aromatic N) is 9. The zero-order valence-electron chi connectivity index (χ0n) is 54.1. The van der Waals surface area contributed by atoms with Crippen LogP contribution in [0.3, 0.4) is 0 Å². The molecule has 0 radical (unpaired) electrons. The van der Waals surface area contributed by atoms with Gasteiger partial charge in [-0.3, -0.25) is 19.6 Å². The average Bonchev–Trinajstić information content (AvgIpc) is 0.698. The van der Waals surface area contributed by atoms with Gasteiger partial charge in [0.05, 0.1) is 5.69 Å². The number of pyridine rings is 3. The number of para-hydroxylation sites is 12. The van der Waals surface area contributed by atoms with Gasteiger partial charge in [0.1, 0.15) is 32.5 Å². The molecule has 2 aliphatic heterocycles. The molecule has 5 heterocycles. The topological polar surface area (TPSA) is 58.1 Å². The predicted molar refractivity (Wildman–Crippen MR) is 429 cm³/mol. The predicted octanol–water partition coefficient (Wildman–Crippen LogP) is 23.5. The van der Waals surface area contributed by atoms with Gasteiger partial charge in [-0.05, 0) is 194 Å². The lowest BCUT2D eigenvalue weighted by Crippen LogP contribution is -2.61. The molecule has 9 nitrogen and oxygen atoms in total. The summed E-state index contributed by atoms with van der Waals surface area (Å²) in [7, 11) is 0. The smallest absolute Gasteiger partial charge is 0.254 e. The maximum atomic E-state index is 5.64. The fraction of sp³-hybridized carbons (Fsp3) is 0. The molecule has 15 aromatic rings. The Morgan fingerprint density at radius 3 is 0.860 bits per heavy atom.